The van der Waals surface area contributed by atoms with Crippen LogP contribution in [0.3, 0.4) is 0 Å². The predicted molar refractivity (Wildman–Crippen MR) is 102 cm³/mol. The predicted octanol–water partition coefficient (Wildman–Crippen LogP) is 3.54. The van der Waals surface area contributed by atoms with Crippen molar-refractivity contribution in [1.29, 1.82) is 0 Å². The van der Waals surface area contributed by atoms with Gasteiger partial charge in [-0.15, -0.1) is 0 Å². The number of hydrogen-bond donors (Lipinski definition) is 3. The third-order valence-electron chi connectivity index (χ3n) is 4.93. The summed E-state index contributed by atoms with van der Waals surface area (Å²) >= 11 is 0. The molecule has 1 saturated carbocycles. The summed E-state index contributed by atoms with van der Waals surface area (Å²) in [5, 5.41) is 6.43. The molecular formula is C20H21F2N5O. The lowest BCUT2D eigenvalue weighted by Crippen LogP contribution is -2.35. The minimum Gasteiger partial charge on any atom is -0.373 e. The summed E-state index contributed by atoms with van der Waals surface area (Å²) in [5.74, 6) is 0.299. The zero-order chi connectivity index (χ0) is 19.7. The van der Waals surface area contributed by atoms with Gasteiger partial charge in [-0.2, -0.15) is 8.78 Å². The normalized spacial score (nSPS) is 15.0. The van der Waals surface area contributed by atoms with Gasteiger partial charge in [-0.3, -0.25) is 4.79 Å². The lowest BCUT2D eigenvalue weighted by Gasteiger charge is -2.19. The SMILES string of the molecule is CNc1cc([C@H](Cc2c[nH]c3ccccc23)NC(=O)C(F)F)nc(C2CC2)n1. The second kappa shape index (κ2) is 7.53. The lowest BCUT2D eigenvalue weighted by molar-refractivity contribution is -0.132. The Hall–Kier alpha value is -3.03. The van der Waals surface area contributed by atoms with E-state index >= 15 is 0 Å². The Labute approximate surface area is 160 Å². The van der Waals surface area contributed by atoms with Crippen molar-refractivity contribution in [3.8, 4) is 0 Å². The summed E-state index contributed by atoms with van der Waals surface area (Å²) in [7, 11) is 1.75. The molecule has 2 heterocycles. The van der Waals surface area contributed by atoms with E-state index in [4.69, 9.17) is 0 Å². The van der Waals surface area contributed by atoms with Gasteiger partial charge in [0.2, 0.25) is 0 Å². The molecule has 1 atom stereocenters. The number of anilines is 1. The van der Waals surface area contributed by atoms with Gasteiger partial charge in [-0.05, 0) is 24.5 Å². The second-order valence-corrected chi connectivity index (χ2v) is 6.99. The van der Waals surface area contributed by atoms with E-state index in [-0.39, 0.29) is 0 Å². The highest BCUT2D eigenvalue weighted by molar-refractivity contribution is 5.83. The number of amides is 1. The number of carbonyl (C=O) groups is 1. The molecule has 3 N–H and O–H groups in total. The quantitative estimate of drug-likeness (QED) is 0.581. The lowest BCUT2D eigenvalue weighted by atomic mass is 10.0. The number of benzene rings is 1. The van der Waals surface area contributed by atoms with Gasteiger partial charge in [0.1, 0.15) is 11.6 Å². The van der Waals surface area contributed by atoms with E-state index in [0.29, 0.717) is 29.7 Å². The first-order valence-corrected chi connectivity index (χ1v) is 9.25. The zero-order valence-corrected chi connectivity index (χ0v) is 15.4. The molecule has 2 aromatic heterocycles. The maximum Gasteiger partial charge on any atom is 0.315 e. The maximum absolute atomic E-state index is 12.9. The molecule has 0 bridgehead atoms. The van der Waals surface area contributed by atoms with Crippen LogP contribution in [0.1, 0.15) is 41.9 Å². The van der Waals surface area contributed by atoms with Crippen LogP contribution >= 0.6 is 0 Å². The van der Waals surface area contributed by atoms with E-state index in [2.05, 4.69) is 25.6 Å². The van der Waals surface area contributed by atoms with Crippen molar-refractivity contribution in [1.82, 2.24) is 20.3 Å². The van der Waals surface area contributed by atoms with E-state index in [0.717, 1.165) is 29.3 Å². The monoisotopic (exact) mass is 385 g/mol. The van der Waals surface area contributed by atoms with Gasteiger partial charge in [0.15, 0.2) is 0 Å². The third-order valence-corrected chi connectivity index (χ3v) is 4.93. The zero-order valence-electron chi connectivity index (χ0n) is 15.4. The number of alkyl halides is 2. The Morgan fingerprint density at radius 1 is 1.29 bits per heavy atom. The summed E-state index contributed by atoms with van der Waals surface area (Å²) in [6, 6.07) is 8.76. The number of fused-ring (bicyclic) bond motifs is 1. The summed E-state index contributed by atoms with van der Waals surface area (Å²) < 4.78 is 25.9. The van der Waals surface area contributed by atoms with Gasteiger partial charge in [-0.25, -0.2) is 9.97 Å². The minimum atomic E-state index is -3.08. The van der Waals surface area contributed by atoms with Crippen molar-refractivity contribution >= 4 is 22.6 Å². The molecule has 1 aromatic carbocycles. The van der Waals surface area contributed by atoms with Gasteiger partial charge in [0.05, 0.1) is 11.7 Å². The Kier molecular flexibility index (Phi) is 4.93. The molecule has 28 heavy (non-hydrogen) atoms. The van der Waals surface area contributed by atoms with E-state index in [1.165, 1.54) is 0 Å². The molecular weight excluding hydrogens is 364 g/mol. The first-order chi connectivity index (χ1) is 13.5. The standard InChI is InChI=1S/C20H21F2N5O/c1-23-17-9-16(25-19(27-17)11-6-7-11)15(26-20(28)18(21)22)8-12-10-24-14-5-3-2-4-13(12)14/h2-5,9-11,15,18,24H,6-8H2,1H3,(H,26,28)(H,23,25,27)/t15-/m0/s1. The van der Waals surface area contributed by atoms with E-state index in [9.17, 15) is 13.6 Å². The van der Waals surface area contributed by atoms with Gasteiger partial charge in [0, 0.05) is 42.6 Å². The first kappa shape index (κ1) is 18.3. The van der Waals surface area contributed by atoms with Gasteiger partial charge in [0.25, 0.3) is 5.91 Å². The Morgan fingerprint density at radius 2 is 2.07 bits per heavy atom. The Morgan fingerprint density at radius 3 is 2.79 bits per heavy atom. The topological polar surface area (TPSA) is 82.7 Å². The number of nitrogens with zero attached hydrogens (tertiary/aromatic N) is 2. The smallest absolute Gasteiger partial charge is 0.315 e. The maximum atomic E-state index is 12.9. The number of rotatable bonds is 7. The first-order valence-electron chi connectivity index (χ1n) is 9.25. The van der Waals surface area contributed by atoms with Crippen molar-refractivity contribution in [3.63, 3.8) is 0 Å². The Bertz CT molecular complexity index is 999. The van der Waals surface area contributed by atoms with Crippen LogP contribution in [0, 0.1) is 0 Å². The molecule has 0 unspecified atom stereocenters. The molecule has 3 aromatic rings. The fourth-order valence-electron chi connectivity index (χ4n) is 3.30. The van der Waals surface area contributed by atoms with E-state index in [1.54, 1.807) is 13.1 Å². The molecule has 1 aliphatic rings. The molecule has 1 amide bonds. The van der Waals surface area contributed by atoms with Gasteiger partial charge in [-0.1, -0.05) is 18.2 Å². The molecule has 4 rings (SSSR count). The summed E-state index contributed by atoms with van der Waals surface area (Å²) in [6.07, 6.45) is 1.13. The number of halogens is 2. The number of hydrogen-bond acceptors (Lipinski definition) is 4. The molecule has 0 radical (unpaired) electrons. The molecule has 146 valence electrons. The summed E-state index contributed by atoms with van der Waals surface area (Å²) in [6.45, 7) is 0. The van der Waals surface area contributed by atoms with Crippen molar-refractivity contribution in [2.45, 2.75) is 37.6 Å². The van der Waals surface area contributed by atoms with E-state index < -0.39 is 18.4 Å². The number of carbonyl (C=O) groups excluding carboxylic acids is 1. The molecule has 0 aliphatic heterocycles. The molecule has 0 spiro atoms. The van der Waals surface area contributed by atoms with Crippen LogP contribution in [0.4, 0.5) is 14.6 Å². The van der Waals surface area contributed by atoms with Crippen LogP contribution in [0.2, 0.25) is 0 Å². The van der Waals surface area contributed by atoms with Crippen LogP contribution in [0.5, 0.6) is 0 Å². The van der Waals surface area contributed by atoms with Crippen molar-refractivity contribution in [2.75, 3.05) is 12.4 Å². The number of nitrogens with one attached hydrogen (secondary N) is 3. The molecule has 8 heteroatoms. The Balaban J connectivity index is 1.71. The fraction of sp³-hybridized carbons (Fsp3) is 0.350. The van der Waals surface area contributed by atoms with Gasteiger partial charge < -0.3 is 15.6 Å². The minimum absolute atomic E-state index is 0.298. The number of H-pyrrole nitrogens is 1. The van der Waals surface area contributed by atoms with Crippen molar-refractivity contribution < 1.29 is 13.6 Å². The average Bonchev–Trinajstić information content (AvgIpc) is 3.48. The molecule has 6 nitrogen and oxygen atoms in total. The molecule has 0 saturated heterocycles. The average molecular weight is 385 g/mol. The number of aromatic nitrogens is 3. The highest BCUT2D eigenvalue weighted by Crippen LogP contribution is 2.39. The number of aromatic amines is 1. The highest BCUT2D eigenvalue weighted by atomic mass is 19.3. The van der Waals surface area contributed by atoms with Crippen molar-refractivity contribution in [3.05, 3.63) is 53.6 Å². The fourth-order valence-corrected chi connectivity index (χ4v) is 3.30. The van der Waals surface area contributed by atoms with Crippen LogP contribution in [0.15, 0.2) is 36.5 Å². The molecule has 1 fully saturated rings. The van der Waals surface area contributed by atoms with Crippen molar-refractivity contribution in [2.24, 2.45) is 0 Å². The van der Waals surface area contributed by atoms with Gasteiger partial charge >= 0.3 is 6.43 Å². The van der Waals surface area contributed by atoms with Crippen LogP contribution in [-0.2, 0) is 11.2 Å². The van der Waals surface area contributed by atoms with Crippen LogP contribution < -0.4 is 10.6 Å². The van der Waals surface area contributed by atoms with Crippen LogP contribution in [0.25, 0.3) is 10.9 Å². The highest BCUT2D eigenvalue weighted by Gasteiger charge is 2.29. The summed E-state index contributed by atoms with van der Waals surface area (Å²) in [4.78, 5) is 24.0. The molecule has 1 aliphatic carbocycles. The summed E-state index contributed by atoms with van der Waals surface area (Å²) in [5.41, 5.74) is 2.40. The third kappa shape index (κ3) is 3.81. The van der Waals surface area contributed by atoms with E-state index in [1.807, 2.05) is 30.5 Å². The largest absolute Gasteiger partial charge is 0.373 e. The second-order valence-electron chi connectivity index (χ2n) is 6.99. The van der Waals surface area contributed by atoms with Crippen LogP contribution in [-0.4, -0.2) is 34.3 Å². The number of para-hydroxylation sites is 1.